The molecule has 0 aliphatic carbocycles. The van der Waals surface area contributed by atoms with Gasteiger partial charge in [0, 0.05) is 12.7 Å². The summed E-state index contributed by atoms with van der Waals surface area (Å²) < 4.78 is 21.1. The van der Waals surface area contributed by atoms with Gasteiger partial charge in [-0.25, -0.2) is 4.79 Å². The van der Waals surface area contributed by atoms with E-state index in [1.54, 1.807) is 6.92 Å². The number of methoxy groups -OCH3 is 1. The van der Waals surface area contributed by atoms with Crippen LogP contribution in [0.25, 0.3) is 0 Å². The fourth-order valence-corrected chi connectivity index (χ4v) is 1.26. The fraction of sp³-hybridized carbons (Fsp3) is 0.824. The summed E-state index contributed by atoms with van der Waals surface area (Å²) in [4.78, 5) is 9.60. The predicted octanol–water partition coefficient (Wildman–Crippen LogP) is 0.848. The minimum absolute atomic E-state index is 0.00359. The molecule has 0 saturated carbocycles. The van der Waals surface area contributed by atoms with Crippen LogP contribution >= 0.6 is 0 Å². The molecule has 0 saturated heterocycles. The van der Waals surface area contributed by atoms with Gasteiger partial charge in [0.2, 0.25) is 0 Å². The highest BCUT2D eigenvalue weighted by Crippen LogP contribution is 2.00. The van der Waals surface area contributed by atoms with Crippen molar-refractivity contribution in [3.05, 3.63) is 12.2 Å². The van der Waals surface area contributed by atoms with Crippen molar-refractivity contribution in [3.63, 3.8) is 0 Å². The highest BCUT2D eigenvalue weighted by molar-refractivity contribution is 5.84. The minimum Gasteiger partial charge on any atom is -0.478 e. The molecule has 0 amide bonds. The molecule has 0 aliphatic heterocycles. The number of ether oxygens (including phenoxy) is 4. The molecule has 8 heteroatoms. The van der Waals surface area contributed by atoms with Gasteiger partial charge in [-0.1, -0.05) is 6.58 Å². The number of carbonyl (C=O) groups is 1. The first-order valence-corrected chi connectivity index (χ1v) is 8.15. The second-order valence-electron chi connectivity index (χ2n) is 5.81. The molecule has 3 N–H and O–H groups in total. The Morgan fingerprint density at radius 2 is 1.36 bits per heavy atom. The average Bonchev–Trinajstić information content (AvgIpc) is 2.56. The average molecular weight is 366 g/mol. The van der Waals surface area contributed by atoms with E-state index in [1.165, 1.54) is 14.0 Å². The van der Waals surface area contributed by atoms with Crippen LogP contribution in [0.5, 0.6) is 0 Å². The molecule has 0 fully saturated rings. The Balaban J connectivity index is 0. The molecule has 0 radical (unpaired) electrons. The molecule has 0 aliphatic rings. The number of carboxylic acid groups (broad SMARTS) is 1. The van der Waals surface area contributed by atoms with E-state index in [2.05, 4.69) is 6.58 Å². The van der Waals surface area contributed by atoms with Crippen LogP contribution in [0, 0.1) is 0 Å². The number of rotatable bonds is 13. The van der Waals surface area contributed by atoms with Crippen LogP contribution in [0.2, 0.25) is 0 Å². The molecule has 0 bridgehead atoms. The van der Waals surface area contributed by atoms with Gasteiger partial charge < -0.3 is 34.3 Å². The van der Waals surface area contributed by atoms with Gasteiger partial charge in [-0.15, -0.1) is 0 Å². The van der Waals surface area contributed by atoms with Crippen LogP contribution in [0.1, 0.15) is 27.7 Å². The van der Waals surface area contributed by atoms with Gasteiger partial charge in [-0.3, -0.25) is 0 Å². The zero-order valence-electron chi connectivity index (χ0n) is 15.9. The van der Waals surface area contributed by atoms with Crippen molar-refractivity contribution in [1.29, 1.82) is 0 Å². The van der Waals surface area contributed by atoms with Gasteiger partial charge in [0.25, 0.3) is 0 Å². The van der Waals surface area contributed by atoms with Gasteiger partial charge in [0.1, 0.15) is 6.10 Å². The van der Waals surface area contributed by atoms with Crippen LogP contribution in [-0.4, -0.2) is 85.8 Å². The van der Waals surface area contributed by atoms with E-state index >= 15 is 0 Å². The van der Waals surface area contributed by atoms with Gasteiger partial charge in [-0.2, -0.15) is 0 Å². The van der Waals surface area contributed by atoms with Crippen LogP contribution in [-0.2, 0) is 23.7 Å². The maximum Gasteiger partial charge on any atom is 0.330 e. The van der Waals surface area contributed by atoms with Crippen molar-refractivity contribution < 1.29 is 39.1 Å². The van der Waals surface area contributed by atoms with E-state index in [0.29, 0.717) is 13.2 Å². The topological polar surface area (TPSA) is 115 Å². The molecule has 4 atom stereocenters. The first-order chi connectivity index (χ1) is 11.6. The van der Waals surface area contributed by atoms with E-state index in [4.69, 9.17) is 29.2 Å². The van der Waals surface area contributed by atoms with Crippen molar-refractivity contribution in [2.24, 2.45) is 0 Å². The number of aliphatic carboxylic acids is 1. The molecule has 0 aromatic heterocycles. The summed E-state index contributed by atoms with van der Waals surface area (Å²) in [5, 5.41) is 26.1. The minimum atomic E-state index is -0.935. The van der Waals surface area contributed by atoms with Crippen molar-refractivity contribution in [2.45, 2.75) is 52.1 Å². The monoisotopic (exact) mass is 366 g/mol. The normalized spacial score (nSPS) is 15.5. The van der Waals surface area contributed by atoms with Gasteiger partial charge in [-0.05, 0) is 27.7 Å². The lowest BCUT2D eigenvalue weighted by atomic mass is 10.3. The van der Waals surface area contributed by atoms with Crippen molar-refractivity contribution >= 4 is 5.97 Å². The summed E-state index contributed by atoms with van der Waals surface area (Å²) in [5.41, 5.74) is 0.176. The molecule has 0 heterocycles. The summed E-state index contributed by atoms with van der Waals surface area (Å²) in [6.07, 6.45) is -0.962. The SMILES string of the molecule is C=C(C)C(=O)O.COCC(O)COC(C)COC(C)COC(C)CO. The first kappa shape index (κ1) is 26.2. The Bertz CT molecular complexity index is 336. The second kappa shape index (κ2) is 16.4. The molecule has 150 valence electrons. The van der Waals surface area contributed by atoms with Crippen LogP contribution in [0.15, 0.2) is 12.2 Å². The molecule has 0 spiro atoms. The Morgan fingerprint density at radius 3 is 1.72 bits per heavy atom. The van der Waals surface area contributed by atoms with E-state index in [0.717, 1.165) is 0 Å². The number of carboxylic acids is 1. The standard InChI is InChI=1S/C13H28O6.C4H6O2/c1-10(5-14)17-6-11(2)18-7-12(3)19-9-13(15)8-16-4;1-3(2)4(5)6/h10-15H,5-9H2,1-4H3;1H2,2H3,(H,5,6). The summed E-state index contributed by atoms with van der Waals surface area (Å²) in [7, 11) is 1.53. The zero-order chi connectivity index (χ0) is 19.8. The van der Waals surface area contributed by atoms with Gasteiger partial charge in [0.05, 0.1) is 51.3 Å². The molecule has 4 unspecified atom stereocenters. The smallest absolute Gasteiger partial charge is 0.330 e. The fourth-order valence-electron chi connectivity index (χ4n) is 1.26. The highest BCUT2D eigenvalue weighted by Gasteiger charge is 2.11. The van der Waals surface area contributed by atoms with Crippen molar-refractivity contribution in [3.8, 4) is 0 Å². The summed E-state index contributed by atoms with van der Waals surface area (Å²) >= 11 is 0. The lowest BCUT2D eigenvalue weighted by Crippen LogP contribution is -2.29. The lowest BCUT2D eigenvalue weighted by molar-refractivity contribution is -0.132. The van der Waals surface area contributed by atoms with E-state index in [9.17, 15) is 9.90 Å². The molecule has 0 aromatic rings. The maximum absolute atomic E-state index is 9.60. The van der Waals surface area contributed by atoms with E-state index in [1.807, 2.05) is 13.8 Å². The highest BCUT2D eigenvalue weighted by atomic mass is 16.6. The Morgan fingerprint density at radius 1 is 0.960 bits per heavy atom. The number of hydrogen-bond donors (Lipinski definition) is 3. The molecule has 25 heavy (non-hydrogen) atoms. The Kier molecular flexibility index (Phi) is 17.2. The first-order valence-electron chi connectivity index (χ1n) is 8.15. The second-order valence-corrected chi connectivity index (χ2v) is 5.81. The third-order valence-corrected chi connectivity index (χ3v) is 2.79. The molecular formula is C17H34O8. The van der Waals surface area contributed by atoms with Crippen LogP contribution in [0.4, 0.5) is 0 Å². The van der Waals surface area contributed by atoms with E-state index in [-0.39, 0.29) is 43.7 Å². The van der Waals surface area contributed by atoms with Gasteiger partial charge >= 0.3 is 5.97 Å². The third kappa shape index (κ3) is 19.1. The van der Waals surface area contributed by atoms with Gasteiger partial charge in [0.15, 0.2) is 0 Å². The zero-order valence-corrected chi connectivity index (χ0v) is 15.9. The van der Waals surface area contributed by atoms with Crippen LogP contribution in [0.3, 0.4) is 0 Å². The summed E-state index contributed by atoms with van der Waals surface area (Å²) in [6.45, 7) is 11.5. The Hall–Kier alpha value is -1.03. The van der Waals surface area contributed by atoms with Crippen molar-refractivity contribution in [2.75, 3.05) is 40.1 Å². The molecule has 8 nitrogen and oxygen atoms in total. The van der Waals surface area contributed by atoms with E-state index < -0.39 is 12.1 Å². The van der Waals surface area contributed by atoms with Crippen molar-refractivity contribution in [1.82, 2.24) is 0 Å². The number of aliphatic hydroxyl groups is 2. The Labute approximate surface area is 150 Å². The number of aliphatic hydroxyl groups excluding tert-OH is 2. The third-order valence-electron chi connectivity index (χ3n) is 2.79. The largest absolute Gasteiger partial charge is 0.478 e. The maximum atomic E-state index is 9.60. The lowest BCUT2D eigenvalue weighted by Gasteiger charge is -2.20. The summed E-state index contributed by atoms with van der Waals surface area (Å²) in [6, 6.07) is 0. The van der Waals surface area contributed by atoms with Crippen LogP contribution < -0.4 is 0 Å². The summed E-state index contributed by atoms with van der Waals surface area (Å²) in [5.74, 6) is -0.935. The number of hydrogen-bond acceptors (Lipinski definition) is 7. The molecule has 0 aromatic carbocycles. The molecule has 0 rings (SSSR count). The molecular weight excluding hydrogens is 332 g/mol. The quantitative estimate of drug-likeness (QED) is 0.411. The predicted molar refractivity (Wildman–Crippen MR) is 93.7 cm³/mol.